The number of nitrogens with zero attached hydrogens (tertiary/aromatic N) is 2. The van der Waals surface area contributed by atoms with Crippen molar-refractivity contribution in [1.29, 1.82) is 0 Å². The summed E-state index contributed by atoms with van der Waals surface area (Å²) < 4.78 is 6.45. The molecule has 0 aliphatic heterocycles. The molecule has 0 fully saturated rings. The second-order valence-corrected chi connectivity index (χ2v) is 6.95. The lowest BCUT2D eigenvalue weighted by Crippen LogP contribution is -2.34. The minimum Gasteiger partial charge on any atom is -0.497 e. The van der Waals surface area contributed by atoms with Crippen molar-refractivity contribution in [1.82, 2.24) is 9.78 Å². The molecule has 0 spiro atoms. The van der Waals surface area contributed by atoms with E-state index in [9.17, 15) is 9.59 Å². The van der Waals surface area contributed by atoms with Crippen LogP contribution in [0.4, 0.5) is 5.69 Å². The van der Waals surface area contributed by atoms with Crippen LogP contribution in [-0.2, 0) is 4.79 Å². The third kappa shape index (κ3) is 4.54. The van der Waals surface area contributed by atoms with Gasteiger partial charge in [0.2, 0.25) is 5.91 Å². The van der Waals surface area contributed by atoms with E-state index >= 15 is 0 Å². The molecule has 1 aromatic heterocycles. The third-order valence-electron chi connectivity index (χ3n) is 4.95. The molecule has 29 heavy (non-hydrogen) atoms. The van der Waals surface area contributed by atoms with E-state index in [0.717, 1.165) is 11.1 Å². The maximum atomic E-state index is 12.9. The van der Waals surface area contributed by atoms with Gasteiger partial charge in [0.15, 0.2) is 0 Å². The average molecular weight is 391 g/mol. The Morgan fingerprint density at radius 1 is 1.10 bits per heavy atom. The van der Waals surface area contributed by atoms with Crippen LogP contribution in [0.15, 0.2) is 59.4 Å². The van der Waals surface area contributed by atoms with E-state index in [0.29, 0.717) is 23.6 Å². The number of hydrogen-bond donors (Lipinski definition) is 1. The summed E-state index contributed by atoms with van der Waals surface area (Å²) in [5.74, 6) is 0.343. The van der Waals surface area contributed by atoms with Crippen LogP contribution in [-0.4, -0.2) is 22.8 Å². The summed E-state index contributed by atoms with van der Waals surface area (Å²) in [5, 5.41) is 7.35. The first-order valence-corrected chi connectivity index (χ1v) is 9.55. The third-order valence-corrected chi connectivity index (χ3v) is 4.95. The molecule has 2 aromatic carbocycles. The maximum Gasteiger partial charge on any atom is 0.267 e. The summed E-state index contributed by atoms with van der Waals surface area (Å²) >= 11 is 0. The van der Waals surface area contributed by atoms with Gasteiger partial charge in [0.25, 0.3) is 5.56 Å². The number of aryl methyl sites for hydroxylation is 2. The van der Waals surface area contributed by atoms with Gasteiger partial charge >= 0.3 is 0 Å². The van der Waals surface area contributed by atoms with Gasteiger partial charge in [0.1, 0.15) is 11.8 Å². The van der Waals surface area contributed by atoms with Crippen molar-refractivity contribution in [3.8, 4) is 17.0 Å². The Morgan fingerprint density at radius 3 is 2.59 bits per heavy atom. The molecule has 0 bridgehead atoms. The molecule has 1 N–H and O–H groups in total. The Kier molecular flexibility index (Phi) is 6.12. The largest absolute Gasteiger partial charge is 0.497 e. The highest BCUT2D eigenvalue weighted by Crippen LogP contribution is 2.22. The van der Waals surface area contributed by atoms with Crippen molar-refractivity contribution in [2.45, 2.75) is 33.2 Å². The zero-order valence-corrected chi connectivity index (χ0v) is 17.1. The monoisotopic (exact) mass is 391 g/mol. The number of ether oxygens (including phenoxy) is 1. The van der Waals surface area contributed by atoms with Crippen molar-refractivity contribution in [2.75, 3.05) is 12.4 Å². The van der Waals surface area contributed by atoms with Crippen LogP contribution in [0.2, 0.25) is 0 Å². The standard InChI is InChI=1S/C23H25N3O3/c1-5-21(23(28)24-18-7-6-8-19(14-18)29-4)26-22(27)12-11-20(25-26)17-10-9-15(2)16(3)13-17/h6-14,21H,5H2,1-4H3,(H,24,28)/t21-/m1/s1. The van der Waals surface area contributed by atoms with Crippen LogP contribution in [0.1, 0.15) is 30.5 Å². The summed E-state index contributed by atoms with van der Waals surface area (Å²) in [7, 11) is 1.57. The Hall–Kier alpha value is -3.41. The molecule has 0 radical (unpaired) electrons. The summed E-state index contributed by atoms with van der Waals surface area (Å²) in [4.78, 5) is 25.4. The topological polar surface area (TPSA) is 73.2 Å². The van der Waals surface area contributed by atoms with Gasteiger partial charge in [0, 0.05) is 23.4 Å². The van der Waals surface area contributed by atoms with Crippen LogP contribution < -0.4 is 15.6 Å². The molecule has 0 aliphatic rings. The maximum absolute atomic E-state index is 12.9. The fraction of sp³-hybridized carbons (Fsp3) is 0.261. The van der Waals surface area contributed by atoms with Crippen molar-refractivity contribution in [2.24, 2.45) is 0 Å². The highest BCUT2D eigenvalue weighted by atomic mass is 16.5. The molecule has 3 aromatic rings. The Bertz CT molecular complexity index is 1090. The summed E-state index contributed by atoms with van der Waals surface area (Å²) in [6, 6.07) is 15.5. The smallest absolute Gasteiger partial charge is 0.267 e. The lowest BCUT2D eigenvalue weighted by molar-refractivity contribution is -0.119. The van der Waals surface area contributed by atoms with E-state index in [4.69, 9.17) is 4.74 Å². The van der Waals surface area contributed by atoms with Crippen molar-refractivity contribution in [3.05, 3.63) is 76.1 Å². The quantitative estimate of drug-likeness (QED) is 0.686. The minimum atomic E-state index is -0.722. The number of anilines is 1. The van der Waals surface area contributed by atoms with Gasteiger partial charge in [0.05, 0.1) is 12.8 Å². The molecule has 0 saturated heterocycles. The fourth-order valence-corrected chi connectivity index (χ4v) is 3.10. The van der Waals surface area contributed by atoms with Crippen LogP contribution in [0.3, 0.4) is 0 Å². The van der Waals surface area contributed by atoms with Gasteiger partial charge in [-0.1, -0.05) is 25.1 Å². The zero-order chi connectivity index (χ0) is 21.0. The number of rotatable bonds is 6. The highest BCUT2D eigenvalue weighted by molar-refractivity contribution is 5.93. The lowest BCUT2D eigenvalue weighted by atomic mass is 10.0. The second kappa shape index (κ2) is 8.73. The zero-order valence-electron chi connectivity index (χ0n) is 17.1. The first-order chi connectivity index (χ1) is 13.9. The molecule has 1 atom stereocenters. The first-order valence-electron chi connectivity index (χ1n) is 9.55. The van der Waals surface area contributed by atoms with Gasteiger partial charge < -0.3 is 10.1 Å². The number of carbonyl (C=O) groups is 1. The molecule has 0 unspecified atom stereocenters. The first kappa shape index (κ1) is 20.3. The van der Waals surface area contributed by atoms with E-state index in [1.807, 2.05) is 39.0 Å². The molecule has 6 heteroatoms. The minimum absolute atomic E-state index is 0.299. The molecule has 6 nitrogen and oxygen atoms in total. The van der Waals surface area contributed by atoms with E-state index < -0.39 is 6.04 Å². The number of benzene rings is 2. The molecule has 0 saturated carbocycles. The Morgan fingerprint density at radius 2 is 1.90 bits per heavy atom. The fourth-order valence-electron chi connectivity index (χ4n) is 3.10. The summed E-state index contributed by atoms with van der Waals surface area (Å²) in [6.07, 6.45) is 0.430. The second-order valence-electron chi connectivity index (χ2n) is 6.95. The molecule has 0 aliphatic carbocycles. The van der Waals surface area contributed by atoms with Crippen LogP contribution >= 0.6 is 0 Å². The van der Waals surface area contributed by atoms with Crippen LogP contribution in [0.25, 0.3) is 11.3 Å². The number of amides is 1. The van der Waals surface area contributed by atoms with Gasteiger partial charge in [-0.15, -0.1) is 0 Å². The van der Waals surface area contributed by atoms with Crippen molar-refractivity contribution < 1.29 is 9.53 Å². The normalized spacial score (nSPS) is 11.7. The summed E-state index contributed by atoms with van der Waals surface area (Å²) in [5.41, 5.74) is 4.18. The predicted octanol–water partition coefficient (Wildman–Crippen LogP) is 4.13. The Labute approximate surface area is 170 Å². The number of methoxy groups -OCH3 is 1. The Balaban J connectivity index is 1.92. The molecule has 3 rings (SSSR count). The van der Waals surface area contributed by atoms with E-state index in [1.165, 1.54) is 16.3 Å². The van der Waals surface area contributed by atoms with E-state index in [2.05, 4.69) is 10.4 Å². The van der Waals surface area contributed by atoms with E-state index in [-0.39, 0.29) is 11.5 Å². The lowest BCUT2D eigenvalue weighted by Gasteiger charge is -2.18. The molecular formula is C23H25N3O3. The molecule has 150 valence electrons. The SMILES string of the molecule is CC[C@H](C(=O)Nc1cccc(OC)c1)n1nc(-c2ccc(C)c(C)c2)ccc1=O. The van der Waals surface area contributed by atoms with Crippen molar-refractivity contribution >= 4 is 11.6 Å². The van der Waals surface area contributed by atoms with E-state index in [1.54, 1.807) is 37.4 Å². The van der Waals surface area contributed by atoms with Crippen LogP contribution in [0, 0.1) is 13.8 Å². The number of aromatic nitrogens is 2. The average Bonchev–Trinajstić information content (AvgIpc) is 2.72. The van der Waals surface area contributed by atoms with Gasteiger partial charge in [-0.3, -0.25) is 9.59 Å². The highest BCUT2D eigenvalue weighted by Gasteiger charge is 2.21. The number of nitrogens with one attached hydrogen (secondary N) is 1. The molecule has 1 amide bonds. The van der Waals surface area contributed by atoms with Gasteiger partial charge in [-0.25, -0.2) is 4.68 Å². The number of hydrogen-bond acceptors (Lipinski definition) is 4. The molecule has 1 heterocycles. The van der Waals surface area contributed by atoms with Gasteiger partial charge in [-0.2, -0.15) is 5.10 Å². The number of carbonyl (C=O) groups excluding carboxylic acids is 1. The van der Waals surface area contributed by atoms with Crippen molar-refractivity contribution in [3.63, 3.8) is 0 Å². The summed E-state index contributed by atoms with van der Waals surface area (Å²) in [6.45, 7) is 5.93. The predicted molar refractivity (Wildman–Crippen MR) is 114 cm³/mol. The van der Waals surface area contributed by atoms with Crippen LogP contribution in [0.5, 0.6) is 5.75 Å². The molecular weight excluding hydrogens is 366 g/mol. The van der Waals surface area contributed by atoms with Gasteiger partial charge in [-0.05, 0) is 55.7 Å².